The highest BCUT2D eigenvalue weighted by Crippen LogP contribution is 2.44. The van der Waals surface area contributed by atoms with Gasteiger partial charge >= 0.3 is 0 Å². The van der Waals surface area contributed by atoms with Crippen molar-refractivity contribution >= 4 is 6.29 Å². The first-order chi connectivity index (χ1) is 20.0. The normalized spacial score (nSPS) is 23.2. The number of benzene rings is 2. The van der Waals surface area contributed by atoms with E-state index in [0.717, 1.165) is 56.0 Å². The van der Waals surface area contributed by atoms with Crippen LogP contribution in [0.2, 0.25) is 0 Å². The summed E-state index contributed by atoms with van der Waals surface area (Å²) in [5.74, 6) is 4.40. The topological polar surface area (TPSA) is 38.3 Å². The summed E-state index contributed by atoms with van der Waals surface area (Å²) < 4.78 is 5.45. The van der Waals surface area contributed by atoms with Gasteiger partial charge in [-0.25, -0.2) is 0 Å². The van der Waals surface area contributed by atoms with Gasteiger partial charge < -0.3 is 10.1 Å². The number of rotatable bonds is 13. The molecule has 3 nitrogen and oxygen atoms in total. The molecule has 2 aliphatic carbocycles. The molecule has 2 aliphatic rings. The Bertz CT molecular complexity index is 996. The third-order valence-electron chi connectivity index (χ3n) is 9.63. The molecule has 3 heteroatoms. The molecule has 0 heterocycles. The number of allylic oxidation sites excluding steroid dienone is 1. The summed E-state index contributed by atoms with van der Waals surface area (Å²) in [4.78, 5) is 9.41. The van der Waals surface area contributed by atoms with E-state index in [0.29, 0.717) is 11.5 Å². The fourth-order valence-electron chi connectivity index (χ4n) is 7.22. The maximum Gasteiger partial charge on any atom is 0.145 e. The van der Waals surface area contributed by atoms with Crippen LogP contribution >= 0.6 is 0 Å². The van der Waals surface area contributed by atoms with E-state index < -0.39 is 0 Å². The molecule has 0 aromatic heterocycles. The molecule has 2 saturated carbocycles. The molecule has 2 fully saturated rings. The second-order valence-electron chi connectivity index (χ2n) is 12.9. The zero-order valence-electron chi connectivity index (χ0n) is 26.5. The minimum Gasteiger partial charge on any atom is -0.384 e. The standard InChI is InChI=1S/C34H51NO.C4H6O/c1-4-5-26-6-10-29(11-7-26)31-14-18-33(19-15-31)34-20-16-32(17-21-34)30-12-8-27(9-13-30)24-28(25-36-3)22-23-35-2;1-4(2)3-5/h8-9,12-13,16-17,20-21,26,28-29,31,33,35H,4-7,10-11,14-15,18-19,22-25H2,1-3H3;3H,1H2,2H3. The smallest absolute Gasteiger partial charge is 0.145 e. The van der Waals surface area contributed by atoms with Gasteiger partial charge in [0, 0.05) is 13.7 Å². The number of carbonyl (C=O) groups excluding carboxylic acids is 1. The summed E-state index contributed by atoms with van der Waals surface area (Å²) in [6.07, 6.45) is 17.5. The third-order valence-corrected chi connectivity index (χ3v) is 9.63. The molecule has 0 radical (unpaired) electrons. The fraction of sp³-hybridized carbons (Fsp3) is 0.605. The lowest BCUT2D eigenvalue weighted by Crippen LogP contribution is -2.25. The number of hydrogen-bond donors (Lipinski definition) is 1. The Hall–Kier alpha value is -2.23. The van der Waals surface area contributed by atoms with Crippen LogP contribution in [0.25, 0.3) is 11.1 Å². The van der Waals surface area contributed by atoms with Gasteiger partial charge in [-0.2, -0.15) is 0 Å². The van der Waals surface area contributed by atoms with Crippen LogP contribution in [0, 0.1) is 23.7 Å². The van der Waals surface area contributed by atoms with Crippen LogP contribution in [0.15, 0.2) is 60.7 Å². The van der Waals surface area contributed by atoms with E-state index in [1.807, 2.05) is 14.2 Å². The Morgan fingerprint density at radius 2 is 1.46 bits per heavy atom. The minimum atomic E-state index is 0.568. The van der Waals surface area contributed by atoms with Crippen LogP contribution in [0.3, 0.4) is 0 Å². The summed E-state index contributed by atoms with van der Waals surface area (Å²) in [6.45, 7) is 9.18. The van der Waals surface area contributed by atoms with Crippen molar-refractivity contribution < 1.29 is 9.53 Å². The van der Waals surface area contributed by atoms with E-state index >= 15 is 0 Å². The summed E-state index contributed by atoms with van der Waals surface area (Å²) >= 11 is 0. The van der Waals surface area contributed by atoms with Crippen molar-refractivity contribution in [2.24, 2.45) is 23.7 Å². The molecular formula is C38H57NO2. The molecule has 0 aliphatic heterocycles. The molecule has 1 N–H and O–H groups in total. The van der Waals surface area contributed by atoms with E-state index in [4.69, 9.17) is 4.74 Å². The van der Waals surface area contributed by atoms with Crippen LogP contribution in [0.4, 0.5) is 0 Å². The van der Waals surface area contributed by atoms with E-state index in [-0.39, 0.29) is 0 Å². The molecule has 0 bridgehead atoms. The Morgan fingerprint density at radius 1 is 0.927 bits per heavy atom. The molecule has 1 unspecified atom stereocenters. The Labute approximate surface area is 251 Å². The van der Waals surface area contributed by atoms with Gasteiger partial charge in [-0.1, -0.05) is 87.7 Å². The summed E-state index contributed by atoms with van der Waals surface area (Å²) in [6, 6.07) is 18.7. The van der Waals surface area contributed by atoms with Gasteiger partial charge in [0.2, 0.25) is 0 Å². The van der Waals surface area contributed by atoms with Gasteiger partial charge in [-0.3, -0.25) is 4.79 Å². The number of carbonyl (C=O) groups is 1. The van der Waals surface area contributed by atoms with Crippen molar-refractivity contribution in [1.82, 2.24) is 5.32 Å². The monoisotopic (exact) mass is 559 g/mol. The van der Waals surface area contributed by atoms with E-state index in [9.17, 15) is 4.79 Å². The average Bonchev–Trinajstić information content (AvgIpc) is 3.01. The Morgan fingerprint density at radius 3 is 1.95 bits per heavy atom. The molecule has 4 rings (SSSR count). The quantitative estimate of drug-likeness (QED) is 0.196. The van der Waals surface area contributed by atoms with Crippen LogP contribution in [0.5, 0.6) is 0 Å². The van der Waals surface area contributed by atoms with Gasteiger partial charge in [-0.05, 0) is 129 Å². The first-order valence-electron chi connectivity index (χ1n) is 16.4. The highest BCUT2D eigenvalue weighted by Gasteiger charge is 2.31. The molecule has 41 heavy (non-hydrogen) atoms. The summed E-state index contributed by atoms with van der Waals surface area (Å²) in [7, 11) is 3.83. The molecule has 0 amide bonds. The van der Waals surface area contributed by atoms with E-state index in [1.165, 1.54) is 80.9 Å². The summed E-state index contributed by atoms with van der Waals surface area (Å²) in [5, 5.41) is 3.27. The lowest BCUT2D eigenvalue weighted by molar-refractivity contribution is -0.104. The third kappa shape index (κ3) is 11.2. The maximum atomic E-state index is 9.41. The van der Waals surface area contributed by atoms with E-state index in [1.54, 1.807) is 12.5 Å². The largest absolute Gasteiger partial charge is 0.384 e. The number of aldehydes is 1. The zero-order chi connectivity index (χ0) is 29.5. The molecule has 0 spiro atoms. The highest BCUT2D eigenvalue weighted by molar-refractivity contribution is 5.70. The number of nitrogens with one attached hydrogen (secondary N) is 1. The minimum absolute atomic E-state index is 0.568. The van der Waals surface area contributed by atoms with Gasteiger partial charge in [0.05, 0.1) is 0 Å². The van der Waals surface area contributed by atoms with Crippen molar-refractivity contribution in [3.05, 3.63) is 71.8 Å². The number of ether oxygens (including phenoxy) is 1. The highest BCUT2D eigenvalue weighted by atomic mass is 16.5. The van der Waals surface area contributed by atoms with Crippen LogP contribution in [-0.2, 0) is 16.0 Å². The zero-order valence-corrected chi connectivity index (χ0v) is 26.5. The summed E-state index contributed by atoms with van der Waals surface area (Å²) in [5.41, 5.74) is 6.21. The van der Waals surface area contributed by atoms with Crippen molar-refractivity contribution in [1.29, 1.82) is 0 Å². The molecular weight excluding hydrogens is 502 g/mol. The number of hydrogen-bond acceptors (Lipinski definition) is 3. The fourth-order valence-corrected chi connectivity index (χ4v) is 7.22. The molecule has 1 atom stereocenters. The van der Waals surface area contributed by atoms with Crippen LogP contribution < -0.4 is 5.32 Å². The second-order valence-corrected chi connectivity index (χ2v) is 12.9. The predicted molar refractivity (Wildman–Crippen MR) is 175 cm³/mol. The number of methoxy groups -OCH3 is 1. The first-order valence-corrected chi connectivity index (χ1v) is 16.4. The Kier molecular flexibility index (Phi) is 14.9. The molecule has 2 aromatic rings. The lowest BCUT2D eigenvalue weighted by atomic mass is 9.68. The molecule has 0 saturated heterocycles. The van der Waals surface area contributed by atoms with Gasteiger partial charge in [0.25, 0.3) is 0 Å². The van der Waals surface area contributed by atoms with Crippen LogP contribution in [0.1, 0.15) is 102 Å². The Balaban J connectivity index is 0.000000850. The van der Waals surface area contributed by atoms with Crippen LogP contribution in [-0.4, -0.2) is 33.6 Å². The maximum absolute atomic E-state index is 9.41. The van der Waals surface area contributed by atoms with Gasteiger partial charge in [-0.15, -0.1) is 0 Å². The van der Waals surface area contributed by atoms with Crippen molar-refractivity contribution in [3.63, 3.8) is 0 Å². The van der Waals surface area contributed by atoms with Crippen molar-refractivity contribution in [3.8, 4) is 11.1 Å². The lowest BCUT2D eigenvalue weighted by Gasteiger charge is -2.38. The molecule has 226 valence electrons. The SMILES string of the molecule is C=C(C)C=O.CCCC1CCC(C2CCC(c3ccc(-c4ccc(CC(CCNC)COC)cc4)cc3)CC2)CC1. The second kappa shape index (κ2) is 18.3. The van der Waals surface area contributed by atoms with Gasteiger partial charge in [0.15, 0.2) is 0 Å². The van der Waals surface area contributed by atoms with Gasteiger partial charge in [0.1, 0.15) is 6.29 Å². The molecule has 2 aromatic carbocycles. The van der Waals surface area contributed by atoms with Crippen molar-refractivity contribution in [2.75, 3.05) is 27.3 Å². The van der Waals surface area contributed by atoms with Crippen molar-refractivity contribution in [2.45, 2.75) is 96.8 Å². The predicted octanol–water partition coefficient (Wildman–Crippen LogP) is 9.41. The average molecular weight is 560 g/mol. The van der Waals surface area contributed by atoms with E-state index in [2.05, 4.69) is 67.4 Å². The first kappa shape index (κ1) is 33.3.